The summed E-state index contributed by atoms with van der Waals surface area (Å²) >= 11 is 2.02. The third-order valence-corrected chi connectivity index (χ3v) is 13.6. The van der Waals surface area contributed by atoms with Crippen molar-refractivity contribution in [3.63, 3.8) is 0 Å². The Kier molecular flexibility index (Phi) is 6.46. The van der Waals surface area contributed by atoms with Crippen LogP contribution in [-0.2, 0) is 11.8 Å². The third kappa shape index (κ3) is 4.24. The standard InChI is InChI=1S/C48H41NS/c1-47(2)40-16-10-8-14-35(40)36-24-22-33(28-42(36)47)49(32-20-18-31(19-21-32)30-12-6-5-7-13-30)34-23-25-39-43(29-34)48(3,4)41-27-26-38-37-15-9-11-17-44(37)50-46(38)45(39)41/h5-25,28-29,39,43H,26-27H2,1-4H3. The number of thiophene rings is 1. The minimum absolute atomic E-state index is 0.0645. The molecule has 244 valence electrons. The van der Waals surface area contributed by atoms with E-state index in [0.29, 0.717) is 11.8 Å². The van der Waals surface area contributed by atoms with E-state index >= 15 is 0 Å². The molecule has 4 aliphatic carbocycles. The second kappa shape index (κ2) is 10.8. The zero-order valence-electron chi connectivity index (χ0n) is 29.2. The lowest BCUT2D eigenvalue weighted by atomic mass is 9.72. The summed E-state index contributed by atoms with van der Waals surface area (Å²) in [5.41, 5.74) is 16.5. The Morgan fingerprint density at radius 3 is 2.20 bits per heavy atom. The van der Waals surface area contributed by atoms with Crippen molar-refractivity contribution in [3.8, 4) is 22.3 Å². The Labute approximate surface area is 299 Å². The monoisotopic (exact) mass is 663 g/mol. The first-order valence-corrected chi connectivity index (χ1v) is 19.0. The smallest absolute Gasteiger partial charge is 0.0464 e. The van der Waals surface area contributed by atoms with Crippen molar-refractivity contribution in [2.24, 2.45) is 17.3 Å². The quantitative estimate of drug-likeness (QED) is 0.181. The highest BCUT2D eigenvalue weighted by atomic mass is 32.1. The molecule has 1 aromatic heterocycles. The molecular weight excluding hydrogens is 623 g/mol. The fourth-order valence-electron chi connectivity index (χ4n) is 9.77. The van der Waals surface area contributed by atoms with Gasteiger partial charge < -0.3 is 4.90 Å². The van der Waals surface area contributed by atoms with Crippen molar-refractivity contribution in [2.45, 2.75) is 46.0 Å². The van der Waals surface area contributed by atoms with Crippen LogP contribution >= 0.6 is 11.3 Å². The van der Waals surface area contributed by atoms with E-state index in [-0.39, 0.29) is 10.8 Å². The van der Waals surface area contributed by atoms with Crippen LogP contribution in [0.4, 0.5) is 11.4 Å². The molecule has 0 amide bonds. The fraction of sp³-hybridized carbons (Fsp3) is 0.208. The molecule has 0 saturated heterocycles. The molecule has 0 aliphatic heterocycles. The topological polar surface area (TPSA) is 3.24 Å². The lowest BCUT2D eigenvalue weighted by Crippen LogP contribution is -2.28. The number of anilines is 2. The molecule has 50 heavy (non-hydrogen) atoms. The number of nitrogens with zero attached hydrogens (tertiary/aromatic N) is 1. The number of aryl methyl sites for hydroxylation is 1. The molecule has 1 nitrogen and oxygen atoms in total. The molecular formula is C48H41NS. The zero-order chi connectivity index (χ0) is 33.8. The van der Waals surface area contributed by atoms with Crippen LogP contribution in [0.2, 0.25) is 0 Å². The summed E-state index contributed by atoms with van der Waals surface area (Å²) in [7, 11) is 0. The Hall–Kier alpha value is -4.92. The summed E-state index contributed by atoms with van der Waals surface area (Å²) in [6.45, 7) is 9.77. The molecule has 0 fully saturated rings. The van der Waals surface area contributed by atoms with Gasteiger partial charge in [0, 0.05) is 38.0 Å². The Balaban J connectivity index is 1.10. The minimum Gasteiger partial charge on any atom is -0.311 e. The van der Waals surface area contributed by atoms with Gasteiger partial charge in [0.05, 0.1) is 0 Å². The molecule has 0 bridgehead atoms. The largest absolute Gasteiger partial charge is 0.311 e. The van der Waals surface area contributed by atoms with Gasteiger partial charge in [0.1, 0.15) is 0 Å². The van der Waals surface area contributed by atoms with Gasteiger partial charge in [-0.15, -0.1) is 11.3 Å². The number of hydrogen-bond donors (Lipinski definition) is 0. The van der Waals surface area contributed by atoms with E-state index < -0.39 is 0 Å². The van der Waals surface area contributed by atoms with E-state index in [1.807, 2.05) is 11.3 Å². The lowest BCUT2D eigenvalue weighted by molar-refractivity contribution is 0.310. The van der Waals surface area contributed by atoms with E-state index in [4.69, 9.17) is 0 Å². The lowest BCUT2D eigenvalue weighted by Gasteiger charge is -2.36. The molecule has 2 unspecified atom stereocenters. The first-order chi connectivity index (χ1) is 24.3. The number of benzene rings is 5. The summed E-state index contributed by atoms with van der Waals surface area (Å²) in [6, 6.07) is 45.0. The Bertz CT molecular complexity index is 2430. The molecule has 0 spiro atoms. The van der Waals surface area contributed by atoms with Crippen molar-refractivity contribution in [2.75, 3.05) is 4.90 Å². The van der Waals surface area contributed by atoms with Crippen LogP contribution < -0.4 is 4.90 Å². The molecule has 2 atom stereocenters. The van der Waals surface area contributed by atoms with Gasteiger partial charge in [-0.1, -0.05) is 136 Å². The van der Waals surface area contributed by atoms with E-state index in [2.05, 4.69) is 172 Å². The summed E-state index contributed by atoms with van der Waals surface area (Å²) in [5, 5.41) is 1.46. The minimum atomic E-state index is -0.0645. The van der Waals surface area contributed by atoms with Crippen molar-refractivity contribution < 1.29 is 0 Å². The van der Waals surface area contributed by atoms with Gasteiger partial charge in [-0.3, -0.25) is 0 Å². The van der Waals surface area contributed by atoms with Crippen molar-refractivity contribution >= 4 is 38.4 Å². The molecule has 0 N–H and O–H groups in total. The summed E-state index contributed by atoms with van der Waals surface area (Å²) in [4.78, 5) is 4.06. The normalized spacial score (nSPS) is 20.5. The molecule has 5 aromatic carbocycles. The van der Waals surface area contributed by atoms with Crippen molar-refractivity contribution in [3.05, 3.63) is 172 Å². The van der Waals surface area contributed by atoms with Crippen LogP contribution in [-0.4, -0.2) is 0 Å². The maximum atomic E-state index is 2.62. The van der Waals surface area contributed by atoms with Gasteiger partial charge in [-0.2, -0.15) is 0 Å². The molecule has 10 rings (SSSR count). The van der Waals surface area contributed by atoms with E-state index in [9.17, 15) is 0 Å². The molecule has 0 radical (unpaired) electrons. The maximum Gasteiger partial charge on any atom is 0.0464 e. The second-order valence-electron chi connectivity index (χ2n) is 15.7. The van der Waals surface area contributed by atoms with E-state index in [1.54, 1.807) is 21.6 Å². The third-order valence-electron chi connectivity index (χ3n) is 12.4. The molecule has 6 aromatic rings. The first-order valence-electron chi connectivity index (χ1n) is 18.1. The SMILES string of the molecule is CC1(C)c2ccccc2-c2ccc(N(C3=CC4C(C=C3)C3=C(CCc5c3sc3ccccc53)C4(C)C)c3ccc(-c4ccccc4)cc3)cc21. The van der Waals surface area contributed by atoms with Gasteiger partial charge in [0.2, 0.25) is 0 Å². The highest BCUT2D eigenvalue weighted by molar-refractivity contribution is 7.20. The average molecular weight is 664 g/mol. The molecule has 0 saturated carbocycles. The van der Waals surface area contributed by atoms with Gasteiger partial charge >= 0.3 is 0 Å². The molecule has 2 heteroatoms. The highest BCUT2D eigenvalue weighted by Crippen LogP contribution is 2.62. The number of fused-ring (bicyclic) bond motifs is 9. The average Bonchev–Trinajstić information content (AvgIpc) is 3.72. The summed E-state index contributed by atoms with van der Waals surface area (Å²) in [6.07, 6.45) is 9.89. The van der Waals surface area contributed by atoms with Crippen LogP contribution in [0.3, 0.4) is 0 Å². The van der Waals surface area contributed by atoms with E-state index in [0.717, 1.165) is 12.8 Å². The second-order valence-corrected chi connectivity index (χ2v) is 16.7. The van der Waals surface area contributed by atoms with Crippen LogP contribution in [0, 0.1) is 17.3 Å². The predicted octanol–water partition coefficient (Wildman–Crippen LogP) is 13.1. The van der Waals surface area contributed by atoms with Crippen molar-refractivity contribution in [1.29, 1.82) is 0 Å². The Morgan fingerprint density at radius 2 is 1.36 bits per heavy atom. The van der Waals surface area contributed by atoms with Gasteiger partial charge in [-0.25, -0.2) is 0 Å². The maximum absolute atomic E-state index is 2.62. The number of allylic oxidation sites excluding steroid dienone is 5. The highest BCUT2D eigenvalue weighted by Gasteiger charge is 2.49. The molecule has 1 heterocycles. The van der Waals surface area contributed by atoms with Crippen molar-refractivity contribution in [1.82, 2.24) is 0 Å². The molecule has 4 aliphatic rings. The van der Waals surface area contributed by atoms with Gasteiger partial charge in [-0.05, 0) is 110 Å². The van der Waals surface area contributed by atoms with Crippen LogP contribution in [0.15, 0.2) is 151 Å². The van der Waals surface area contributed by atoms with Crippen LogP contribution in [0.1, 0.15) is 55.7 Å². The fourth-order valence-corrected chi connectivity index (χ4v) is 11.1. The number of rotatable bonds is 4. The number of hydrogen-bond acceptors (Lipinski definition) is 2. The van der Waals surface area contributed by atoms with Gasteiger partial charge in [0.25, 0.3) is 0 Å². The first kappa shape index (κ1) is 29.9. The van der Waals surface area contributed by atoms with Crippen LogP contribution in [0.25, 0.3) is 37.9 Å². The van der Waals surface area contributed by atoms with Crippen LogP contribution in [0.5, 0.6) is 0 Å². The predicted molar refractivity (Wildman–Crippen MR) is 213 cm³/mol. The van der Waals surface area contributed by atoms with Gasteiger partial charge in [0.15, 0.2) is 0 Å². The Morgan fingerprint density at radius 1 is 0.660 bits per heavy atom. The summed E-state index contributed by atoms with van der Waals surface area (Å²) in [5.74, 6) is 0.788. The van der Waals surface area contributed by atoms with E-state index in [1.165, 1.54) is 60.5 Å². The summed E-state index contributed by atoms with van der Waals surface area (Å²) < 4.78 is 1.43. The zero-order valence-corrected chi connectivity index (χ0v) is 30.0.